The Kier molecular flexibility index (Phi) is 3.89. The lowest BCUT2D eigenvalue weighted by Gasteiger charge is -2.16. The Bertz CT molecular complexity index is 417. The van der Waals surface area contributed by atoms with Gasteiger partial charge in [-0.05, 0) is 12.1 Å². The number of rotatable bonds is 3. The molecule has 1 amide bonds. The van der Waals surface area contributed by atoms with Crippen molar-refractivity contribution in [1.29, 1.82) is 0 Å². The van der Waals surface area contributed by atoms with Crippen molar-refractivity contribution in [2.45, 2.75) is 0 Å². The number of nitrogens with two attached hydrogens (primary N) is 1. The highest BCUT2D eigenvalue weighted by molar-refractivity contribution is 7.80. The number of hydrogen-bond acceptors (Lipinski definition) is 2. The average Bonchev–Trinajstić information content (AvgIpc) is 2.16. The maximum atomic E-state index is 13.2. The number of nitrogens with zero attached hydrogens (tertiary/aromatic N) is 1. The molecule has 0 radical (unpaired) electrons. The van der Waals surface area contributed by atoms with Gasteiger partial charge in [-0.1, -0.05) is 18.3 Å². The molecule has 0 spiro atoms. The smallest absolute Gasteiger partial charge is 0.259 e. The zero-order valence-corrected chi connectivity index (χ0v) is 9.35. The molecule has 0 aromatic heterocycles. The van der Waals surface area contributed by atoms with E-state index in [-0.39, 0.29) is 11.5 Å². The minimum atomic E-state index is -0.903. The summed E-state index contributed by atoms with van der Waals surface area (Å²) in [6.45, 7) is -0.0259. The van der Waals surface area contributed by atoms with Crippen molar-refractivity contribution >= 4 is 23.1 Å². The Labute approximate surface area is 96.8 Å². The van der Waals surface area contributed by atoms with Crippen LogP contribution in [0.25, 0.3) is 0 Å². The molecule has 0 bridgehead atoms. The summed E-state index contributed by atoms with van der Waals surface area (Å²) in [4.78, 5) is 12.8. The molecular formula is C10H10F2N2OS. The third kappa shape index (κ3) is 2.73. The highest BCUT2D eigenvalue weighted by Crippen LogP contribution is 2.13. The summed E-state index contributed by atoms with van der Waals surface area (Å²) in [6.07, 6.45) is 0. The van der Waals surface area contributed by atoms with Crippen LogP contribution in [-0.4, -0.2) is 29.4 Å². The van der Waals surface area contributed by atoms with E-state index in [1.54, 1.807) is 0 Å². The maximum absolute atomic E-state index is 13.2. The van der Waals surface area contributed by atoms with E-state index < -0.39 is 23.1 Å². The molecule has 86 valence electrons. The predicted molar refractivity (Wildman–Crippen MR) is 60.1 cm³/mol. The Morgan fingerprint density at radius 1 is 1.44 bits per heavy atom. The molecule has 0 aliphatic carbocycles. The summed E-state index contributed by atoms with van der Waals surface area (Å²) >= 11 is 4.60. The van der Waals surface area contributed by atoms with Gasteiger partial charge < -0.3 is 10.6 Å². The van der Waals surface area contributed by atoms with Crippen LogP contribution in [-0.2, 0) is 0 Å². The van der Waals surface area contributed by atoms with Gasteiger partial charge >= 0.3 is 0 Å². The summed E-state index contributed by atoms with van der Waals surface area (Å²) in [6, 6.07) is 3.23. The molecule has 2 N–H and O–H groups in total. The second kappa shape index (κ2) is 4.98. The normalized spacial score (nSPS) is 9.94. The molecule has 0 heterocycles. The number of thiocarbonyl (C=S) groups is 1. The van der Waals surface area contributed by atoms with Gasteiger partial charge in [0, 0.05) is 7.05 Å². The molecule has 0 atom stereocenters. The van der Waals surface area contributed by atoms with Crippen molar-refractivity contribution in [3.8, 4) is 0 Å². The van der Waals surface area contributed by atoms with Crippen molar-refractivity contribution in [3.05, 3.63) is 35.4 Å². The van der Waals surface area contributed by atoms with Crippen LogP contribution in [0.3, 0.4) is 0 Å². The molecular weight excluding hydrogens is 234 g/mol. The van der Waals surface area contributed by atoms with Crippen LogP contribution in [0.1, 0.15) is 10.4 Å². The van der Waals surface area contributed by atoms with Crippen LogP contribution in [0.15, 0.2) is 18.2 Å². The summed E-state index contributed by atoms with van der Waals surface area (Å²) in [5.74, 6) is -2.59. The second-order valence-electron chi connectivity index (χ2n) is 3.22. The minimum absolute atomic E-state index is 0.0259. The highest BCUT2D eigenvalue weighted by Gasteiger charge is 2.20. The Morgan fingerprint density at radius 2 is 1.94 bits per heavy atom. The SMILES string of the molecule is CN(CC(N)=S)C(=O)c1c(F)cccc1F. The van der Waals surface area contributed by atoms with Gasteiger partial charge in [0.2, 0.25) is 0 Å². The van der Waals surface area contributed by atoms with Crippen LogP contribution in [0.5, 0.6) is 0 Å². The van der Waals surface area contributed by atoms with Gasteiger partial charge in [-0.15, -0.1) is 0 Å². The van der Waals surface area contributed by atoms with Gasteiger partial charge in [0.05, 0.1) is 11.5 Å². The van der Waals surface area contributed by atoms with Crippen LogP contribution >= 0.6 is 12.2 Å². The van der Waals surface area contributed by atoms with Crippen molar-refractivity contribution in [2.75, 3.05) is 13.6 Å². The first-order chi connectivity index (χ1) is 7.43. The number of benzene rings is 1. The van der Waals surface area contributed by atoms with Crippen molar-refractivity contribution < 1.29 is 13.6 Å². The van der Waals surface area contributed by atoms with Crippen molar-refractivity contribution in [2.24, 2.45) is 5.73 Å². The molecule has 0 aliphatic heterocycles. The summed E-state index contributed by atoms with van der Waals surface area (Å²) in [7, 11) is 1.37. The van der Waals surface area contributed by atoms with Crippen molar-refractivity contribution in [1.82, 2.24) is 4.90 Å². The van der Waals surface area contributed by atoms with Crippen LogP contribution in [0, 0.1) is 11.6 Å². The van der Waals surface area contributed by atoms with E-state index in [1.165, 1.54) is 13.1 Å². The van der Waals surface area contributed by atoms with Gasteiger partial charge in [0.25, 0.3) is 5.91 Å². The summed E-state index contributed by atoms with van der Waals surface area (Å²) < 4.78 is 26.5. The zero-order valence-electron chi connectivity index (χ0n) is 8.54. The van der Waals surface area contributed by atoms with E-state index in [2.05, 4.69) is 12.2 Å². The van der Waals surface area contributed by atoms with E-state index in [4.69, 9.17) is 5.73 Å². The lowest BCUT2D eigenvalue weighted by Crippen LogP contribution is -2.35. The van der Waals surface area contributed by atoms with E-state index >= 15 is 0 Å². The lowest BCUT2D eigenvalue weighted by atomic mass is 10.1. The number of hydrogen-bond donors (Lipinski definition) is 1. The second-order valence-corrected chi connectivity index (χ2v) is 3.75. The largest absolute Gasteiger partial charge is 0.392 e. The molecule has 1 aromatic carbocycles. The number of halogens is 2. The average molecular weight is 244 g/mol. The molecule has 0 aliphatic rings. The summed E-state index contributed by atoms with van der Waals surface area (Å²) in [5.41, 5.74) is 4.64. The Balaban J connectivity index is 3.00. The highest BCUT2D eigenvalue weighted by atomic mass is 32.1. The number of carbonyl (C=O) groups is 1. The van der Waals surface area contributed by atoms with Gasteiger partial charge in [-0.2, -0.15) is 0 Å². The quantitative estimate of drug-likeness (QED) is 0.816. The molecule has 0 unspecified atom stereocenters. The van der Waals surface area contributed by atoms with E-state index in [9.17, 15) is 13.6 Å². The standard InChI is InChI=1S/C10H10F2N2OS/c1-14(5-8(13)16)10(15)9-6(11)3-2-4-7(9)12/h2-4H,5H2,1H3,(H2,13,16). The molecule has 1 rings (SSSR count). The minimum Gasteiger partial charge on any atom is -0.392 e. The molecule has 3 nitrogen and oxygen atoms in total. The first-order valence-electron chi connectivity index (χ1n) is 4.41. The van der Waals surface area contributed by atoms with Gasteiger partial charge in [0.1, 0.15) is 17.2 Å². The fourth-order valence-electron chi connectivity index (χ4n) is 1.20. The molecule has 0 fully saturated rings. The van der Waals surface area contributed by atoms with Crippen molar-refractivity contribution in [3.63, 3.8) is 0 Å². The van der Waals surface area contributed by atoms with Gasteiger partial charge in [0.15, 0.2) is 0 Å². The van der Waals surface area contributed by atoms with Gasteiger partial charge in [-0.3, -0.25) is 4.79 Å². The molecule has 0 saturated carbocycles. The molecule has 0 saturated heterocycles. The Hall–Kier alpha value is -1.56. The summed E-state index contributed by atoms with van der Waals surface area (Å²) in [5, 5.41) is 0. The third-order valence-electron chi connectivity index (χ3n) is 1.92. The third-order valence-corrected chi connectivity index (χ3v) is 2.05. The fourth-order valence-corrected chi connectivity index (χ4v) is 1.39. The van der Waals surface area contributed by atoms with Crippen LogP contribution in [0.2, 0.25) is 0 Å². The first kappa shape index (κ1) is 12.5. The monoisotopic (exact) mass is 244 g/mol. The van der Waals surface area contributed by atoms with Crippen LogP contribution < -0.4 is 5.73 Å². The maximum Gasteiger partial charge on any atom is 0.259 e. The number of likely N-dealkylation sites (N-methyl/N-ethyl adjacent to an activating group) is 1. The van der Waals surface area contributed by atoms with Gasteiger partial charge in [-0.25, -0.2) is 8.78 Å². The van der Waals surface area contributed by atoms with Crippen LogP contribution in [0.4, 0.5) is 8.78 Å². The topological polar surface area (TPSA) is 46.3 Å². The van der Waals surface area contributed by atoms with E-state index in [1.807, 2.05) is 0 Å². The molecule has 6 heteroatoms. The number of carbonyl (C=O) groups excluding carboxylic acids is 1. The fraction of sp³-hybridized carbons (Fsp3) is 0.200. The van der Waals surface area contributed by atoms with E-state index in [0.29, 0.717) is 0 Å². The number of amides is 1. The lowest BCUT2D eigenvalue weighted by molar-refractivity contribution is 0.0805. The Morgan fingerprint density at radius 3 is 2.38 bits per heavy atom. The zero-order chi connectivity index (χ0) is 12.3. The van der Waals surface area contributed by atoms with E-state index in [0.717, 1.165) is 17.0 Å². The predicted octanol–water partition coefficient (Wildman–Crippen LogP) is 1.32. The molecule has 1 aromatic rings. The molecule has 16 heavy (non-hydrogen) atoms. The first-order valence-corrected chi connectivity index (χ1v) is 4.82.